The number of carbonyl (C=O) groups is 2. The summed E-state index contributed by atoms with van der Waals surface area (Å²) in [6, 6.07) is 15.2. The number of allylic oxidation sites excluding steroid dienone is 2. The van der Waals surface area contributed by atoms with Gasteiger partial charge in [0.1, 0.15) is 11.5 Å². The molecule has 0 fully saturated rings. The summed E-state index contributed by atoms with van der Waals surface area (Å²) in [5.41, 5.74) is 2.19. The maximum atomic E-state index is 12.1. The lowest BCUT2D eigenvalue weighted by molar-refractivity contribution is 0.0510. The standard InChI is InChI=1S/C36H44N6O6/c1-5-17-31(41-25-29(37-39-41)35(43)45-7-3)27-19-11-13-21-33(27)47-23-15-9-10-16-24-48-34-22-14-12-20-28(34)32(18-6-2)42-26-30(38-40-42)36(44)46-8-4/h5-6,11-14,19-22,25-26,31-32H,1-2,7-10,15-18,23-24H2,3-4H3. The number of ether oxygens (including phenoxy) is 4. The van der Waals surface area contributed by atoms with Crippen LogP contribution in [0.15, 0.2) is 86.2 Å². The van der Waals surface area contributed by atoms with Crippen molar-refractivity contribution in [2.75, 3.05) is 26.4 Å². The average Bonchev–Trinajstić information content (AvgIpc) is 3.79. The summed E-state index contributed by atoms with van der Waals surface area (Å²) in [6.45, 7) is 12.9. The van der Waals surface area contributed by atoms with E-state index >= 15 is 0 Å². The van der Waals surface area contributed by atoms with Gasteiger partial charge in [0.2, 0.25) is 0 Å². The van der Waals surface area contributed by atoms with Crippen molar-refractivity contribution in [2.24, 2.45) is 0 Å². The first kappa shape index (κ1) is 35.6. The average molecular weight is 657 g/mol. The fourth-order valence-corrected chi connectivity index (χ4v) is 5.22. The van der Waals surface area contributed by atoms with Gasteiger partial charge in [0.05, 0.1) is 50.9 Å². The molecule has 48 heavy (non-hydrogen) atoms. The van der Waals surface area contributed by atoms with Gasteiger partial charge in [0.15, 0.2) is 11.4 Å². The Balaban J connectivity index is 1.27. The van der Waals surface area contributed by atoms with Gasteiger partial charge in [0, 0.05) is 11.1 Å². The quantitative estimate of drug-likeness (QED) is 0.0551. The van der Waals surface area contributed by atoms with Gasteiger partial charge in [0.25, 0.3) is 0 Å². The van der Waals surface area contributed by atoms with Crippen molar-refractivity contribution in [3.05, 3.63) is 109 Å². The van der Waals surface area contributed by atoms with Gasteiger partial charge in [-0.3, -0.25) is 0 Å². The molecule has 0 amide bonds. The minimum Gasteiger partial charge on any atom is -0.493 e. The largest absolute Gasteiger partial charge is 0.493 e. The molecule has 2 heterocycles. The van der Waals surface area contributed by atoms with E-state index < -0.39 is 11.9 Å². The van der Waals surface area contributed by atoms with E-state index in [4.69, 9.17) is 18.9 Å². The summed E-state index contributed by atoms with van der Waals surface area (Å²) in [4.78, 5) is 24.3. The van der Waals surface area contributed by atoms with E-state index in [1.807, 2.05) is 60.7 Å². The second kappa shape index (κ2) is 18.8. The Kier molecular flexibility index (Phi) is 13.9. The molecule has 4 rings (SSSR count). The van der Waals surface area contributed by atoms with Crippen LogP contribution in [-0.2, 0) is 9.47 Å². The van der Waals surface area contributed by atoms with E-state index in [0.717, 1.165) is 48.3 Å². The maximum absolute atomic E-state index is 12.1. The summed E-state index contributed by atoms with van der Waals surface area (Å²) >= 11 is 0. The van der Waals surface area contributed by atoms with Crippen molar-refractivity contribution in [3.63, 3.8) is 0 Å². The summed E-state index contributed by atoms with van der Waals surface area (Å²) in [5, 5.41) is 16.4. The third-order valence-electron chi connectivity index (χ3n) is 7.52. The van der Waals surface area contributed by atoms with Gasteiger partial charge in [-0.15, -0.1) is 23.4 Å². The van der Waals surface area contributed by atoms with Crippen LogP contribution in [0.1, 0.15) is 96.6 Å². The number of rotatable bonds is 21. The fraction of sp³-hybridized carbons (Fsp3) is 0.389. The van der Waals surface area contributed by atoms with Crippen LogP contribution in [0.25, 0.3) is 0 Å². The van der Waals surface area contributed by atoms with Gasteiger partial charge in [-0.05, 0) is 64.5 Å². The molecule has 0 N–H and O–H groups in total. The molecular weight excluding hydrogens is 612 g/mol. The molecule has 0 aliphatic carbocycles. The molecule has 12 nitrogen and oxygen atoms in total. The zero-order chi connectivity index (χ0) is 34.1. The van der Waals surface area contributed by atoms with Crippen LogP contribution in [0.2, 0.25) is 0 Å². The first-order chi connectivity index (χ1) is 23.5. The van der Waals surface area contributed by atoms with Crippen LogP contribution in [0.4, 0.5) is 0 Å². The van der Waals surface area contributed by atoms with Gasteiger partial charge in [-0.2, -0.15) is 0 Å². The number of carbonyl (C=O) groups excluding carboxylic acids is 2. The molecule has 0 saturated carbocycles. The molecule has 2 unspecified atom stereocenters. The molecular formula is C36H44N6O6. The lowest BCUT2D eigenvalue weighted by Crippen LogP contribution is -2.13. The number of hydrogen-bond acceptors (Lipinski definition) is 10. The molecule has 4 aromatic rings. The van der Waals surface area contributed by atoms with Gasteiger partial charge >= 0.3 is 11.9 Å². The Hall–Kier alpha value is -5.26. The summed E-state index contributed by atoms with van der Waals surface area (Å²) < 4.78 is 25.9. The molecule has 2 aromatic heterocycles. The van der Waals surface area contributed by atoms with Crippen LogP contribution < -0.4 is 9.47 Å². The number of benzene rings is 2. The molecule has 2 atom stereocenters. The number of hydrogen-bond donors (Lipinski definition) is 0. The van der Waals surface area contributed by atoms with Gasteiger partial charge in [-0.1, -0.05) is 59.0 Å². The molecule has 0 radical (unpaired) electrons. The van der Waals surface area contributed by atoms with Crippen LogP contribution in [0, 0.1) is 0 Å². The Morgan fingerprint density at radius 1 is 0.688 bits per heavy atom. The molecule has 0 aliphatic rings. The molecule has 2 aromatic carbocycles. The van der Waals surface area contributed by atoms with E-state index in [-0.39, 0.29) is 36.7 Å². The van der Waals surface area contributed by atoms with E-state index in [9.17, 15) is 9.59 Å². The second-order valence-corrected chi connectivity index (χ2v) is 10.9. The maximum Gasteiger partial charge on any atom is 0.360 e. The van der Waals surface area contributed by atoms with Gasteiger partial charge in [-0.25, -0.2) is 19.0 Å². The second-order valence-electron chi connectivity index (χ2n) is 10.9. The summed E-state index contributed by atoms with van der Waals surface area (Å²) in [6.07, 6.45) is 11.7. The highest BCUT2D eigenvalue weighted by Crippen LogP contribution is 2.32. The van der Waals surface area contributed by atoms with Crippen LogP contribution in [0.3, 0.4) is 0 Å². The number of nitrogens with zero attached hydrogens (tertiary/aromatic N) is 6. The van der Waals surface area contributed by atoms with Crippen molar-refractivity contribution in [2.45, 2.75) is 64.5 Å². The normalized spacial score (nSPS) is 12.1. The zero-order valence-corrected chi connectivity index (χ0v) is 27.7. The summed E-state index contributed by atoms with van der Waals surface area (Å²) in [7, 11) is 0. The van der Waals surface area contributed by atoms with E-state index in [1.54, 1.807) is 35.6 Å². The first-order valence-corrected chi connectivity index (χ1v) is 16.3. The van der Waals surface area contributed by atoms with Crippen molar-refractivity contribution >= 4 is 11.9 Å². The monoisotopic (exact) mass is 656 g/mol. The predicted octanol–water partition coefficient (Wildman–Crippen LogP) is 6.57. The Morgan fingerprint density at radius 3 is 1.50 bits per heavy atom. The molecule has 12 heteroatoms. The third kappa shape index (κ3) is 9.63. The molecule has 254 valence electrons. The van der Waals surface area contributed by atoms with E-state index in [2.05, 4.69) is 33.8 Å². The molecule has 0 aliphatic heterocycles. The Morgan fingerprint density at radius 2 is 1.10 bits per heavy atom. The smallest absolute Gasteiger partial charge is 0.360 e. The van der Waals surface area contributed by atoms with Crippen molar-refractivity contribution in [1.82, 2.24) is 30.0 Å². The Bertz CT molecular complexity index is 1510. The van der Waals surface area contributed by atoms with Gasteiger partial charge < -0.3 is 18.9 Å². The number of unbranched alkanes of at least 4 members (excludes halogenated alkanes) is 3. The highest BCUT2D eigenvalue weighted by atomic mass is 16.5. The SMILES string of the molecule is C=CCC(c1ccccc1OCCCCCCOc1ccccc1C(CC=C)n1cc(C(=O)OCC)nn1)n1cc(C(=O)OCC)nn1. The van der Waals surface area contributed by atoms with Crippen LogP contribution >= 0.6 is 0 Å². The van der Waals surface area contributed by atoms with Crippen LogP contribution in [-0.4, -0.2) is 68.4 Å². The van der Waals surface area contributed by atoms with Crippen LogP contribution in [0.5, 0.6) is 11.5 Å². The van der Waals surface area contributed by atoms with E-state index in [0.29, 0.717) is 26.1 Å². The number of esters is 2. The topological polar surface area (TPSA) is 132 Å². The highest BCUT2D eigenvalue weighted by molar-refractivity contribution is 5.87. The van der Waals surface area contributed by atoms with Crippen molar-refractivity contribution in [3.8, 4) is 11.5 Å². The molecule has 0 saturated heterocycles. The number of para-hydroxylation sites is 2. The minimum atomic E-state index is -0.505. The summed E-state index contributed by atoms with van der Waals surface area (Å²) in [5.74, 6) is 0.506. The third-order valence-corrected chi connectivity index (χ3v) is 7.52. The van der Waals surface area contributed by atoms with Crippen molar-refractivity contribution < 1.29 is 28.5 Å². The predicted molar refractivity (Wildman–Crippen MR) is 180 cm³/mol. The lowest BCUT2D eigenvalue weighted by Gasteiger charge is -2.20. The molecule has 0 spiro atoms. The molecule has 0 bridgehead atoms. The Labute approximate surface area is 281 Å². The fourth-order valence-electron chi connectivity index (χ4n) is 5.22. The number of aromatic nitrogens is 6. The highest BCUT2D eigenvalue weighted by Gasteiger charge is 2.22. The lowest BCUT2D eigenvalue weighted by atomic mass is 10.0. The minimum absolute atomic E-state index is 0.160. The first-order valence-electron chi connectivity index (χ1n) is 16.3. The van der Waals surface area contributed by atoms with E-state index in [1.165, 1.54) is 0 Å². The zero-order valence-electron chi connectivity index (χ0n) is 27.7. The van der Waals surface area contributed by atoms with Crippen molar-refractivity contribution in [1.29, 1.82) is 0 Å².